The highest BCUT2D eigenvalue weighted by atomic mass is 15.3. The van der Waals surface area contributed by atoms with Crippen molar-refractivity contribution in [3.63, 3.8) is 0 Å². The largest absolute Gasteiger partial charge is 0.399 e. The van der Waals surface area contributed by atoms with Gasteiger partial charge in [0, 0.05) is 11.3 Å². The molecule has 0 unspecified atom stereocenters. The third kappa shape index (κ3) is 3.31. The molecule has 0 saturated heterocycles. The monoisotopic (exact) mass is 325 g/mol. The van der Waals surface area contributed by atoms with Crippen LogP contribution in [-0.4, -0.2) is 9.78 Å². The first-order chi connectivity index (χ1) is 12.3. The number of nitrogens with zero attached hydrogens (tertiary/aromatic N) is 2. The van der Waals surface area contributed by atoms with E-state index >= 15 is 0 Å². The van der Waals surface area contributed by atoms with Crippen LogP contribution in [0, 0.1) is 0 Å². The van der Waals surface area contributed by atoms with Crippen LogP contribution < -0.4 is 5.73 Å². The molecule has 0 bridgehead atoms. The molecule has 3 nitrogen and oxygen atoms in total. The number of aromatic nitrogens is 2. The van der Waals surface area contributed by atoms with Gasteiger partial charge >= 0.3 is 0 Å². The Hall–Kier alpha value is -3.33. The van der Waals surface area contributed by atoms with E-state index in [0.717, 1.165) is 28.2 Å². The van der Waals surface area contributed by atoms with Gasteiger partial charge in [-0.3, -0.25) is 4.68 Å². The Bertz CT molecular complexity index is 955. The number of hydrogen-bond donors (Lipinski definition) is 1. The molecule has 0 spiro atoms. The second-order valence-electron chi connectivity index (χ2n) is 6.05. The van der Waals surface area contributed by atoms with Gasteiger partial charge in [-0.05, 0) is 29.3 Å². The number of nitrogen functional groups attached to an aromatic ring is 1. The Balaban J connectivity index is 1.78. The fourth-order valence-corrected chi connectivity index (χ4v) is 2.92. The summed E-state index contributed by atoms with van der Waals surface area (Å²) in [5, 5.41) is 4.86. The minimum absolute atomic E-state index is 0.706. The lowest BCUT2D eigenvalue weighted by atomic mass is 10.1. The summed E-state index contributed by atoms with van der Waals surface area (Å²) < 4.78 is 2.06. The highest BCUT2D eigenvalue weighted by Gasteiger charge is 2.11. The number of rotatable bonds is 4. The van der Waals surface area contributed by atoms with E-state index in [1.807, 2.05) is 48.5 Å². The van der Waals surface area contributed by atoms with Crippen molar-refractivity contribution in [2.24, 2.45) is 0 Å². The molecule has 0 aliphatic carbocycles. The summed E-state index contributed by atoms with van der Waals surface area (Å²) in [6, 6.07) is 30.8. The van der Waals surface area contributed by atoms with E-state index in [-0.39, 0.29) is 0 Å². The maximum absolute atomic E-state index is 5.80. The molecule has 1 aromatic heterocycles. The van der Waals surface area contributed by atoms with Crippen LogP contribution in [0.3, 0.4) is 0 Å². The molecular weight excluding hydrogens is 306 g/mol. The Morgan fingerprint density at radius 2 is 1.32 bits per heavy atom. The van der Waals surface area contributed by atoms with Crippen molar-refractivity contribution in [2.75, 3.05) is 5.73 Å². The fourth-order valence-electron chi connectivity index (χ4n) is 2.92. The lowest BCUT2D eigenvalue weighted by Crippen LogP contribution is -2.04. The molecule has 4 rings (SSSR count). The van der Waals surface area contributed by atoms with Crippen LogP contribution in [0.15, 0.2) is 91.0 Å². The third-order valence-corrected chi connectivity index (χ3v) is 4.23. The number of hydrogen-bond acceptors (Lipinski definition) is 2. The smallest absolute Gasteiger partial charge is 0.0929 e. The standard InChI is InChI=1S/C22H19N3/c23-20-13-11-17(12-14-20)16-25-22(19-9-5-2-6-10-19)15-21(24-25)18-7-3-1-4-8-18/h1-15H,16,23H2. The zero-order chi connectivity index (χ0) is 17.1. The van der Waals surface area contributed by atoms with Gasteiger partial charge in [-0.15, -0.1) is 0 Å². The van der Waals surface area contributed by atoms with E-state index in [0.29, 0.717) is 6.54 Å². The highest BCUT2D eigenvalue weighted by molar-refractivity contribution is 5.68. The fraction of sp³-hybridized carbons (Fsp3) is 0.0455. The van der Waals surface area contributed by atoms with Crippen molar-refractivity contribution in [3.05, 3.63) is 96.6 Å². The Kier molecular flexibility index (Phi) is 4.05. The average Bonchev–Trinajstić information content (AvgIpc) is 3.09. The molecule has 0 radical (unpaired) electrons. The Labute approximate surface area is 147 Å². The quantitative estimate of drug-likeness (QED) is 0.545. The van der Waals surface area contributed by atoms with Gasteiger partial charge < -0.3 is 5.73 Å². The molecule has 122 valence electrons. The first kappa shape index (κ1) is 15.2. The molecule has 0 amide bonds. The van der Waals surface area contributed by atoms with E-state index < -0.39 is 0 Å². The van der Waals surface area contributed by atoms with Gasteiger partial charge in [0.2, 0.25) is 0 Å². The van der Waals surface area contributed by atoms with Crippen LogP contribution in [-0.2, 0) is 6.54 Å². The summed E-state index contributed by atoms with van der Waals surface area (Å²) in [6.45, 7) is 0.706. The molecule has 0 aliphatic rings. The van der Waals surface area contributed by atoms with Gasteiger partial charge in [0.15, 0.2) is 0 Å². The summed E-state index contributed by atoms with van der Waals surface area (Å²) >= 11 is 0. The van der Waals surface area contributed by atoms with Gasteiger partial charge in [-0.25, -0.2) is 0 Å². The third-order valence-electron chi connectivity index (χ3n) is 4.23. The second kappa shape index (κ2) is 6.65. The molecule has 3 heteroatoms. The van der Waals surface area contributed by atoms with Crippen molar-refractivity contribution in [1.82, 2.24) is 9.78 Å². The Morgan fingerprint density at radius 3 is 1.96 bits per heavy atom. The summed E-state index contributed by atoms with van der Waals surface area (Å²) in [6.07, 6.45) is 0. The van der Waals surface area contributed by atoms with E-state index in [1.54, 1.807) is 0 Å². The summed E-state index contributed by atoms with van der Waals surface area (Å²) in [4.78, 5) is 0. The SMILES string of the molecule is Nc1ccc(Cn2nc(-c3ccccc3)cc2-c2ccccc2)cc1. The predicted octanol–water partition coefficient (Wildman–Crippen LogP) is 4.85. The molecule has 2 N–H and O–H groups in total. The van der Waals surface area contributed by atoms with Gasteiger partial charge in [0.1, 0.15) is 0 Å². The minimum Gasteiger partial charge on any atom is -0.399 e. The van der Waals surface area contributed by atoms with Crippen LogP contribution >= 0.6 is 0 Å². The Morgan fingerprint density at radius 1 is 0.720 bits per heavy atom. The van der Waals surface area contributed by atoms with Gasteiger partial charge in [-0.1, -0.05) is 72.8 Å². The van der Waals surface area contributed by atoms with Crippen LogP contribution in [0.1, 0.15) is 5.56 Å². The van der Waals surface area contributed by atoms with Gasteiger partial charge in [0.05, 0.1) is 17.9 Å². The average molecular weight is 325 g/mol. The summed E-state index contributed by atoms with van der Waals surface area (Å²) in [5.41, 5.74) is 12.1. The molecule has 3 aromatic carbocycles. The molecule has 0 saturated carbocycles. The van der Waals surface area contributed by atoms with Crippen LogP contribution in [0.25, 0.3) is 22.5 Å². The van der Waals surface area contributed by atoms with E-state index in [9.17, 15) is 0 Å². The molecule has 0 aliphatic heterocycles. The van der Waals surface area contributed by atoms with E-state index in [2.05, 4.69) is 47.1 Å². The molecular formula is C22H19N3. The zero-order valence-electron chi connectivity index (χ0n) is 13.8. The first-order valence-corrected chi connectivity index (χ1v) is 8.33. The molecule has 4 aromatic rings. The van der Waals surface area contributed by atoms with Crippen molar-refractivity contribution in [3.8, 4) is 22.5 Å². The van der Waals surface area contributed by atoms with Crippen LogP contribution in [0.2, 0.25) is 0 Å². The normalized spacial score (nSPS) is 10.7. The number of nitrogens with two attached hydrogens (primary N) is 1. The lowest BCUT2D eigenvalue weighted by Gasteiger charge is -2.08. The topological polar surface area (TPSA) is 43.8 Å². The summed E-state index contributed by atoms with van der Waals surface area (Å²) in [5.74, 6) is 0. The number of benzene rings is 3. The maximum atomic E-state index is 5.80. The van der Waals surface area contributed by atoms with Crippen molar-refractivity contribution in [2.45, 2.75) is 6.54 Å². The van der Waals surface area contributed by atoms with E-state index in [1.165, 1.54) is 5.56 Å². The molecule has 0 atom stereocenters. The lowest BCUT2D eigenvalue weighted by molar-refractivity contribution is 0.697. The first-order valence-electron chi connectivity index (χ1n) is 8.33. The van der Waals surface area contributed by atoms with Crippen LogP contribution in [0.5, 0.6) is 0 Å². The van der Waals surface area contributed by atoms with Gasteiger partial charge in [-0.2, -0.15) is 5.10 Å². The van der Waals surface area contributed by atoms with Crippen LogP contribution in [0.4, 0.5) is 5.69 Å². The summed E-state index contributed by atoms with van der Waals surface area (Å²) in [7, 11) is 0. The molecule has 0 fully saturated rings. The van der Waals surface area contributed by atoms with Crippen molar-refractivity contribution >= 4 is 5.69 Å². The number of anilines is 1. The minimum atomic E-state index is 0.706. The molecule has 1 heterocycles. The molecule has 25 heavy (non-hydrogen) atoms. The van der Waals surface area contributed by atoms with Gasteiger partial charge in [0.25, 0.3) is 0 Å². The second-order valence-corrected chi connectivity index (χ2v) is 6.05. The predicted molar refractivity (Wildman–Crippen MR) is 103 cm³/mol. The highest BCUT2D eigenvalue weighted by Crippen LogP contribution is 2.26. The van der Waals surface area contributed by atoms with Crippen molar-refractivity contribution in [1.29, 1.82) is 0 Å². The maximum Gasteiger partial charge on any atom is 0.0929 e. The van der Waals surface area contributed by atoms with Crippen molar-refractivity contribution < 1.29 is 0 Å². The van der Waals surface area contributed by atoms with E-state index in [4.69, 9.17) is 10.8 Å². The zero-order valence-corrected chi connectivity index (χ0v) is 13.8.